The number of imide groups is 2. The Morgan fingerprint density at radius 1 is 0.793 bits per heavy atom. The molecule has 2 aromatic carbocycles. The second-order valence-electron chi connectivity index (χ2n) is 6.70. The van der Waals surface area contributed by atoms with Crippen LogP contribution in [0, 0.1) is 5.41 Å². The van der Waals surface area contributed by atoms with E-state index in [2.05, 4.69) is 53.1 Å². The molecule has 0 aliphatic carbocycles. The average Bonchev–Trinajstić information content (AvgIpc) is 2.66. The molecule has 0 aromatic heterocycles. The van der Waals surface area contributed by atoms with Crippen molar-refractivity contribution in [1.82, 2.24) is 21.3 Å². The number of carbonyl (C=O) groups excluding carboxylic acids is 3. The first kappa shape index (κ1) is 20.0. The van der Waals surface area contributed by atoms with Gasteiger partial charge in [0.25, 0.3) is 0 Å². The number of amides is 4. The van der Waals surface area contributed by atoms with Crippen molar-refractivity contribution in [3.05, 3.63) is 68.6 Å². The largest absolute Gasteiger partial charge is 0.354 e. The molecule has 2 fully saturated rings. The average molecular weight is 538 g/mol. The van der Waals surface area contributed by atoms with Crippen LogP contribution in [0.5, 0.6) is 0 Å². The predicted octanol–water partition coefficient (Wildman–Crippen LogP) is 2.82. The van der Waals surface area contributed by atoms with Crippen molar-refractivity contribution in [2.75, 3.05) is 0 Å². The van der Waals surface area contributed by atoms with E-state index in [1.165, 1.54) is 0 Å². The van der Waals surface area contributed by atoms with Crippen LogP contribution in [0.4, 0.5) is 4.79 Å². The fraction of sp³-hybridized carbons (Fsp3) is 0.158. The highest BCUT2D eigenvalue weighted by Crippen LogP contribution is 2.48. The van der Waals surface area contributed by atoms with Crippen molar-refractivity contribution < 1.29 is 14.4 Å². The summed E-state index contributed by atoms with van der Waals surface area (Å²) in [7, 11) is 0. The van der Waals surface area contributed by atoms with Crippen LogP contribution in [0.1, 0.15) is 23.2 Å². The van der Waals surface area contributed by atoms with E-state index in [0.717, 1.165) is 8.95 Å². The first-order valence-corrected chi connectivity index (χ1v) is 10.6. The van der Waals surface area contributed by atoms with Gasteiger partial charge in [0.15, 0.2) is 10.5 Å². The van der Waals surface area contributed by atoms with E-state index in [0.29, 0.717) is 16.2 Å². The molecule has 2 atom stereocenters. The highest BCUT2D eigenvalue weighted by atomic mass is 79.9. The molecule has 1 spiro atoms. The van der Waals surface area contributed by atoms with Gasteiger partial charge in [0.05, 0.1) is 12.1 Å². The highest BCUT2D eigenvalue weighted by Gasteiger charge is 2.63. The number of barbiturate groups is 1. The summed E-state index contributed by atoms with van der Waals surface area (Å²) in [4.78, 5) is 38.4. The molecule has 10 heteroatoms. The lowest BCUT2D eigenvalue weighted by Crippen LogP contribution is -2.73. The van der Waals surface area contributed by atoms with Crippen molar-refractivity contribution in [2.45, 2.75) is 12.1 Å². The van der Waals surface area contributed by atoms with Crippen molar-refractivity contribution >= 4 is 67.0 Å². The molecule has 4 N–H and O–H groups in total. The van der Waals surface area contributed by atoms with Gasteiger partial charge in [0.1, 0.15) is 0 Å². The van der Waals surface area contributed by atoms with Crippen molar-refractivity contribution in [1.29, 1.82) is 0 Å². The monoisotopic (exact) mass is 536 g/mol. The molecule has 2 aliphatic heterocycles. The highest BCUT2D eigenvalue weighted by molar-refractivity contribution is 9.10. The minimum atomic E-state index is -1.71. The first-order chi connectivity index (χ1) is 13.8. The minimum absolute atomic E-state index is 0.295. The van der Waals surface area contributed by atoms with Crippen LogP contribution in [0.15, 0.2) is 57.5 Å². The Morgan fingerprint density at radius 3 is 1.66 bits per heavy atom. The van der Waals surface area contributed by atoms with Gasteiger partial charge >= 0.3 is 6.03 Å². The van der Waals surface area contributed by atoms with E-state index < -0.39 is 35.3 Å². The maximum Gasteiger partial charge on any atom is 0.328 e. The van der Waals surface area contributed by atoms with E-state index in [4.69, 9.17) is 12.2 Å². The zero-order valence-corrected chi connectivity index (χ0v) is 18.7. The molecule has 0 bridgehead atoms. The van der Waals surface area contributed by atoms with Crippen LogP contribution in [-0.2, 0) is 9.59 Å². The molecular formula is C19H14Br2N4O3S. The molecule has 2 aromatic rings. The van der Waals surface area contributed by atoms with E-state index in [9.17, 15) is 14.4 Å². The van der Waals surface area contributed by atoms with Gasteiger partial charge in [-0.2, -0.15) is 0 Å². The summed E-state index contributed by atoms with van der Waals surface area (Å²) in [5, 5.41) is 10.9. The van der Waals surface area contributed by atoms with Gasteiger partial charge < -0.3 is 10.6 Å². The second kappa shape index (κ2) is 7.51. The van der Waals surface area contributed by atoms with E-state index in [1.54, 1.807) is 24.3 Å². The molecule has 2 heterocycles. The number of hydrogen-bond donors (Lipinski definition) is 4. The molecule has 0 unspecified atom stereocenters. The summed E-state index contributed by atoms with van der Waals surface area (Å²) in [5.74, 6) is -1.41. The molecule has 4 rings (SSSR count). The number of halogens is 2. The fourth-order valence-corrected chi connectivity index (χ4v) is 4.90. The Hall–Kier alpha value is -2.30. The molecule has 0 saturated carbocycles. The standard InChI is InChI=1S/C19H14Br2N4O3S/c20-11-5-1-3-9(7-11)13-19(15(26)24-17(28)25-16(19)27)14(23-18(29)22-13)10-4-2-6-12(21)8-10/h1-8,13-14H,(H2,22,23,29)(H2,24,25,26,27,28)/t13-,14+. The Bertz CT molecular complexity index is 982. The Balaban J connectivity index is 1.96. The summed E-state index contributed by atoms with van der Waals surface area (Å²) in [6.45, 7) is 0. The van der Waals surface area contributed by atoms with Crippen LogP contribution in [0.2, 0.25) is 0 Å². The molecule has 2 saturated heterocycles. The fourth-order valence-electron chi connectivity index (χ4n) is 3.83. The Labute approximate surface area is 188 Å². The number of urea groups is 1. The van der Waals surface area contributed by atoms with Crippen LogP contribution < -0.4 is 21.3 Å². The Morgan fingerprint density at radius 2 is 1.24 bits per heavy atom. The van der Waals surface area contributed by atoms with E-state index >= 15 is 0 Å². The van der Waals surface area contributed by atoms with Gasteiger partial charge in [-0.3, -0.25) is 20.2 Å². The minimum Gasteiger partial charge on any atom is -0.354 e. The van der Waals surface area contributed by atoms with Gasteiger partial charge in [0, 0.05) is 8.95 Å². The van der Waals surface area contributed by atoms with Crippen molar-refractivity contribution in [3.63, 3.8) is 0 Å². The number of benzene rings is 2. The topological polar surface area (TPSA) is 99.3 Å². The van der Waals surface area contributed by atoms with Crippen LogP contribution >= 0.6 is 44.1 Å². The third-order valence-electron chi connectivity index (χ3n) is 5.03. The lowest BCUT2D eigenvalue weighted by molar-refractivity contribution is -0.149. The number of thiocarbonyl (C=S) groups is 1. The zero-order chi connectivity index (χ0) is 20.8. The first-order valence-electron chi connectivity index (χ1n) is 8.57. The maximum atomic E-state index is 13.3. The predicted molar refractivity (Wildman–Crippen MR) is 117 cm³/mol. The number of nitrogens with one attached hydrogen (secondary N) is 4. The van der Waals surface area contributed by atoms with Crippen LogP contribution in [0.25, 0.3) is 0 Å². The van der Waals surface area contributed by atoms with Gasteiger partial charge in [-0.05, 0) is 47.6 Å². The third kappa shape index (κ3) is 3.34. The molecule has 2 aliphatic rings. The summed E-state index contributed by atoms with van der Waals surface area (Å²) >= 11 is 12.3. The van der Waals surface area contributed by atoms with Gasteiger partial charge in [0.2, 0.25) is 11.8 Å². The number of rotatable bonds is 2. The normalized spacial score (nSPS) is 23.1. The van der Waals surface area contributed by atoms with Gasteiger partial charge in [-0.25, -0.2) is 4.79 Å². The second-order valence-corrected chi connectivity index (χ2v) is 8.94. The summed E-state index contributed by atoms with van der Waals surface area (Å²) < 4.78 is 1.56. The van der Waals surface area contributed by atoms with Crippen molar-refractivity contribution in [3.8, 4) is 0 Å². The smallest absolute Gasteiger partial charge is 0.328 e. The van der Waals surface area contributed by atoms with Crippen LogP contribution in [-0.4, -0.2) is 23.0 Å². The summed E-state index contributed by atoms with van der Waals surface area (Å²) in [6.07, 6.45) is 0. The lowest BCUT2D eigenvalue weighted by Gasteiger charge is -2.49. The lowest BCUT2D eigenvalue weighted by atomic mass is 9.66. The molecular weight excluding hydrogens is 524 g/mol. The zero-order valence-electron chi connectivity index (χ0n) is 14.7. The van der Waals surface area contributed by atoms with E-state index in [-0.39, 0.29) is 0 Å². The van der Waals surface area contributed by atoms with E-state index in [1.807, 2.05) is 24.3 Å². The quantitative estimate of drug-likeness (QED) is 0.347. The summed E-state index contributed by atoms with van der Waals surface area (Å²) in [6, 6.07) is 12.0. The SMILES string of the molecule is O=C1NC(=O)C2(C(=O)N1)[C@@H](c1cccc(Br)c1)NC(=S)N[C@H]2c1cccc(Br)c1. The third-order valence-corrected chi connectivity index (χ3v) is 6.25. The molecule has 7 nitrogen and oxygen atoms in total. The molecule has 29 heavy (non-hydrogen) atoms. The maximum absolute atomic E-state index is 13.3. The van der Waals surface area contributed by atoms with Crippen LogP contribution in [0.3, 0.4) is 0 Å². The Kier molecular flexibility index (Phi) is 5.18. The van der Waals surface area contributed by atoms with Crippen molar-refractivity contribution in [2.24, 2.45) is 5.41 Å². The number of carbonyl (C=O) groups is 3. The van der Waals surface area contributed by atoms with Gasteiger partial charge in [-0.15, -0.1) is 0 Å². The van der Waals surface area contributed by atoms with Gasteiger partial charge in [-0.1, -0.05) is 56.1 Å². The number of hydrogen-bond acceptors (Lipinski definition) is 4. The molecule has 148 valence electrons. The molecule has 0 radical (unpaired) electrons. The summed E-state index contributed by atoms with van der Waals surface area (Å²) in [5.41, 5.74) is -0.372. The molecule has 4 amide bonds.